The van der Waals surface area contributed by atoms with Crippen LogP contribution in [0.1, 0.15) is 6.92 Å². The van der Waals surface area contributed by atoms with E-state index in [4.69, 9.17) is 11.6 Å². The Morgan fingerprint density at radius 2 is 1.96 bits per heavy atom. The Morgan fingerprint density at radius 1 is 1.26 bits per heavy atom. The predicted octanol–water partition coefficient (Wildman–Crippen LogP) is 4.81. The van der Waals surface area contributed by atoms with Crippen molar-refractivity contribution < 1.29 is 4.79 Å². The lowest BCUT2D eigenvalue weighted by molar-refractivity contribution is -0.113. The first-order valence-corrected chi connectivity index (χ1v) is 9.51. The molecule has 7 heteroatoms. The third kappa shape index (κ3) is 4.72. The van der Waals surface area contributed by atoms with Gasteiger partial charge < -0.3 is 5.32 Å². The van der Waals surface area contributed by atoms with Crippen LogP contribution in [0.5, 0.6) is 0 Å². The summed E-state index contributed by atoms with van der Waals surface area (Å²) in [7, 11) is 0. The van der Waals surface area contributed by atoms with Crippen LogP contribution in [0.2, 0.25) is 5.02 Å². The molecule has 3 rings (SSSR count). The number of para-hydroxylation sites is 1. The first-order chi connectivity index (χ1) is 13.1. The van der Waals surface area contributed by atoms with Gasteiger partial charge in [0.2, 0.25) is 0 Å². The number of allylic oxidation sites excluding steroid dienone is 1. The molecule has 2 aromatic carbocycles. The number of amidine groups is 1. The number of thioether (sulfide) groups is 1. The Bertz CT molecular complexity index is 894. The fourth-order valence-electron chi connectivity index (χ4n) is 2.50. The average molecular weight is 399 g/mol. The number of halogens is 1. The number of benzene rings is 2. The predicted molar refractivity (Wildman–Crippen MR) is 115 cm³/mol. The number of amides is 1. The zero-order chi connectivity index (χ0) is 19.2. The van der Waals surface area contributed by atoms with Crippen LogP contribution in [0.4, 0.5) is 11.4 Å². The van der Waals surface area contributed by atoms with Crippen LogP contribution in [0.15, 0.2) is 82.8 Å². The fraction of sp³-hybridized carbons (Fsp3) is 0.100. The lowest BCUT2D eigenvalue weighted by atomic mass is 10.2. The second-order valence-corrected chi connectivity index (χ2v) is 7.32. The topological polar surface area (TPSA) is 56.7 Å². The maximum Gasteiger partial charge on any atom is 0.275 e. The molecule has 0 saturated heterocycles. The Labute approximate surface area is 167 Å². The van der Waals surface area contributed by atoms with Crippen LogP contribution in [0, 0.1) is 0 Å². The summed E-state index contributed by atoms with van der Waals surface area (Å²) >= 11 is 7.43. The zero-order valence-electron chi connectivity index (χ0n) is 14.8. The highest BCUT2D eigenvalue weighted by Crippen LogP contribution is 2.32. The minimum atomic E-state index is -0.212. The number of rotatable bonds is 5. The van der Waals surface area contributed by atoms with Crippen molar-refractivity contribution in [2.75, 3.05) is 16.9 Å². The van der Waals surface area contributed by atoms with E-state index in [-0.39, 0.29) is 5.91 Å². The Balaban J connectivity index is 1.96. The third-order valence-electron chi connectivity index (χ3n) is 3.71. The van der Waals surface area contributed by atoms with Crippen molar-refractivity contribution in [3.8, 4) is 0 Å². The first kappa shape index (κ1) is 19.1. The minimum absolute atomic E-state index is 0.212. The van der Waals surface area contributed by atoms with Gasteiger partial charge in [0.05, 0.1) is 12.2 Å². The van der Waals surface area contributed by atoms with E-state index in [0.29, 0.717) is 22.4 Å². The zero-order valence-corrected chi connectivity index (χ0v) is 16.3. The van der Waals surface area contributed by atoms with E-state index in [9.17, 15) is 4.79 Å². The lowest BCUT2D eigenvalue weighted by Gasteiger charge is -2.33. The fourth-order valence-corrected chi connectivity index (χ4v) is 3.47. The van der Waals surface area contributed by atoms with Crippen molar-refractivity contribution in [3.05, 3.63) is 82.9 Å². The average Bonchev–Trinajstić information content (AvgIpc) is 2.67. The monoisotopic (exact) mass is 398 g/mol. The van der Waals surface area contributed by atoms with Gasteiger partial charge in [-0.05, 0) is 43.3 Å². The van der Waals surface area contributed by atoms with Crippen molar-refractivity contribution >= 4 is 45.8 Å². The summed E-state index contributed by atoms with van der Waals surface area (Å²) in [5, 5.41) is 5.98. The van der Waals surface area contributed by atoms with Gasteiger partial charge in [-0.15, -0.1) is 6.58 Å². The Hall–Kier alpha value is -2.70. The highest BCUT2D eigenvalue weighted by atomic mass is 35.5. The second kappa shape index (κ2) is 8.79. The van der Waals surface area contributed by atoms with Gasteiger partial charge in [0, 0.05) is 15.6 Å². The third-order valence-corrected chi connectivity index (χ3v) is 4.88. The number of nitrogens with one attached hydrogen (secondary N) is 2. The lowest BCUT2D eigenvalue weighted by Crippen LogP contribution is -2.47. The molecule has 0 radical (unpaired) electrons. The van der Waals surface area contributed by atoms with Crippen LogP contribution in [0.25, 0.3) is 0 Å². The van der Waals surface area contributed by atoms with Crippen LogP contribution < -0.4 is 15.8 Å². The molecule has 1 heterocycles. The van der Waals surface area contributed by atoms with Gasteiger partial charge in [-0.2, -0.15) is 0 Å². The summed E-state index contributed by atoms with van der Waals surface area (Å²) in [6.45, 7) is 6.08. The van der Waals surface area contributed by atoms with E-state index in [1.807, 2.05) is 49.4 Å². The normalized spacial score (nSPS) is 15.5. The van der Waals surface area contributed by atoms with Crippen LogP contribution in [0.3, 0.4) is 0 Å². The van der Waals surface area contributed by atoms with Gasteiger partial charge in [0.15, 0.2) is 5.17 Å². The van der Waals surface area contributed by atoms with E-state index < -0.39 is 0 Å². The number of aliphatic imine (C=N–C) groups is 1. The summed E-state index contributed by atoms with van der Waals surface area (Å²) in [4.78, 5) is 18.3. The minimum Gasteiger partial charge on any atom is -0.321 e. The molecule has 0 bridgehead atoms. The molecule has 0 aliphatic carbocycles. The highest BCUT2D eigenvalue weighted by Gasteiger charge is 2.28. The molecule has 2 N–H and O–H groups in total. The molecule has 138 valence electrons. The van der Waals surface area contributed by atoms with Gasteiger partial charge in [0.1, 0.15) is 5.70 Å². The maximum absolute atomic E-state index is 13.0. The quantitative estimate of drug-likeness (QED) is 0.709. The van der Waals surface area contributed by atoms with Gasteiger partial charge >= 0.3 is 0 Å². The van der Waals surface area contributed by atoms with Gasteiger partial charge in [-0.1, -0.05) is 47.6 Å². The molecule has 0 atom stereocenters. The molecule has 1 aliphatic rings. The molecule has 2 aromatic rings. The van der Waals surface area contributed by atoms with Gasteiger partial charge in [-0.25, -0.2) is 5.01 Å². The van der Waals surface area contributed by atoms with Crippen molar-refractivity contribution in [3.63, 3.8) is 0 Å². The van der Waals surface area contributed by atoms with Crippen LogP contribution in [-0.4, -0.2) is 17.6 Å². The number of hydrogen-bond donors (Lipinski definition) is 2. The number of hydrogen-bond acceptors (Lipinski definition) is 4. The van der Waals surface area contributed by atoms with Crippen LogP contribution in [-0.2, 0) is 4.79 Å². The van der Waals surface area contributed by atoms with Crippen molar-refractivity contribution in [2.24, 2.45) is 4.99 Å². The molecule has 0 saturated carbocycles. The molecule has 0 aromatic heterocycles. The number of carbonyl (C=O) groups is 1. The first-order valence-electron chi connectivity index (χ1n) is 8.31. The van der Waals surface area contributed by atoms with Gasteiger partial charge in [-0.3, -0.25) is 15.2 Å². The largest absolute Gasteiger partial charge is 0.321 e. The van der Waals surface area contributed by atoms with Crippen molar-refractivity contribution in [1.82, 2.24) is 5.43 Å². The Morgan fingerprint density at radius 3 is 2.63 bits per heavy atom. The standard InChI is InChI=1S/C20H19ClN4OS/c1-3-13-22-20-24-25(17-11-9-15(21)10-12-17)18(14(2)27-20)19(26)23-16-7-5-4-6-8-16/h3-12H,1,13H2,2H3,(H,22,24)(H,23,26). The second-order valence-electron chi connectivity index (χ2n) is 5.69. The molecule has 5 nitrogen and oxygen atoms in total. The molecule has 0 unspecified atom stereocenters. The summed E-state index contributed by atoms with van der Waals surface area (Å²) in [5.74, 6) is -0.212. The molecule has 0 spiro atoms. The number of nitrogens with zero attached hydrogens (tertiary/aromatic N) is 2. The molecular weight excluding hydrogens is 380 g/mol. The highest BCUT2D eigenvalue weighted by molar-refractivity contribution is 8.17. The smallest absolute Gasteiger partial charge is 0.275 e. The summed E-state index contributed by atoms with van der Waals surface area (Å²) in [6.07, 6.45) is 1.72. The number of carbonyl (C=O) groups excluding carboxylic acids is 1. The van der Waals surface area contributed by atoms with E-state index in [0.717, 1.165) is 16.3 Å². The SMILES string of the molecule is C=CCN=C1NN(c2ccc(Cl)cc2)C(C(=O)Nc2ccccc2)=C(C)S1. The molecule has 27 heavy (non-hydrogen) atoms. The van der Waals surface area contributed by atoms with E-state index in [1.165, 1.54) is 11.8 Å². The van der Waals surface area contributed by atoms with E-state index in [1.54, 1.807) is 23.2 Å². The number of hydrazine groups is 1. The molecule has 0 fully saturated rings. The van der Waals surface area contributed by atoms with Gasteiger partial charge in [0.25, 0.3) is 5.91 Å². The number of anilines is 2. The maximum atomic E-state index is 13.0. The molecule has 1 aliphatic heterocycles. The van der Waals surface area contributed by atoms with E-state index in [2.05, 4.69) is 22.3 Å². The van der Waals surface area contributed by atoms with Crippen LogP contribution >= 0.6 is 23.4 Å². The van der Waals surface area contributed by atoms with Crippen molar-refractivity contribution in [2.45, 2.75) is 6.92 Å². The van der Waals surface area contributed by atoms with E-state index >= 15 is 0 Å². The summed E-state index contributed by atoms with van der Waals surface area (Å²) < 4.78 is 0. The Kier molecular flexibility index (Phi) is 6.21. The summed E-state index contributed by atoms with van der Waals surface area (Å²) in [6, 6.07) is 16.6. The van der Waals surface area contributed by atoms with Crippen molar-refractivity contribution in [1.29, 1.82) is 0 Å². The summed E-state index contributed by atoms with van der Waals surface area (Å²) in [5.41, 5.74) is 5.22. The molecular formula is C20H19ClN4OS. The molecule has 1 amide bonds.